The predicted octanol–water partition coefficient (Wildman–Crippen LogP) is 2.38. The summed E-state index contributed by atoms with van der Waals surface area (Å²) in [6.45, 7) is 6.20. The van der Waals surface area contributed by atoms with E-state index in [2.05, 4.69) is 11.8 Å². The average molecular weight is 210 g/mol. The Morgan fingerprint density at radius 2 is 2.20 bits per heavy atom. The summed E-state index contributed by atoms with van der Waals surface area (Å²) < 4.78 is 0. The van der Waals surface area contributed by atoms with Crippen molar-refractivity contribution in [1.29, 1.82) is 0 Å². The van der Waals surface area contributed by atoms with Crippen LogP contribution >= 0.6 is 0 Å². The lowest BCUT2D eigenvalue weighted by atomic mass is 9.75. The third-order valence-electron chi connectivity index (χ3n) is 4.34. The van der Waals surface area contributed by atoms with Crippen molar-refractivity contribution >= 4 is 0 Å². The van der Waals surface area contributed by atoms with Crippen molar-refractivity contribution in [3.05, 3.63) is 0 Å². The van der Waals surface area contributed by atoms with Crippen LogP contribution in [0.5, 0.6) is 0 Å². The van der Waals surface area contributed by atoms with E-state index in [1.165, 1.54) is 64.6 Å². The maximum Gasteiger partial charge on any atom is 0.0166 e. The zero-order valence-corrected chi connectivity index (χ0v) is 10.2. The summed E-state index contributed by atoms with van der Waals surface area (Å²) in [5.74, 6) is 0.977. The molecule has 1 saturated heterocycles. The predicted molar refractivity (Wildman–Crippen MR) is 64.8 cm³/mol. The van der Waals surface area contributed by atoms with Gasteiger partial charge in [0.2, 0.25) is 0 Å². The number of likely N-dealkylation sites (tertiary alicyclic amines) is 1. The molecule has 0 aromatic heterocycles. The molecule has 2 fully saturated rings. The van der Waals surface area contributed by atoms with E-state index in [4.69, 9.17) is 5.73 Å². The molecule has 0 aromatic carbocycles. The molecule has 88 valence electrons. The van der Waals surface area contributed by atoms with E-state index in [9.17, 15) is 0 Å². The van der Waals surface area contributed by atoms with Gasteiger partial charge in [0.25, 0.3) is 0 Å². The molecule has 1 unspecified atom stereocenters. The first-order valence-electron chi connectivity index (χ1n) is 6.73. The maximum atomic E-state index is 6.25. The number of hydrogen-bond acceptors (Lipinski definition) is 2. The average Bonchev–Trinajstić information content (AvgIpc) is 2.60. The molecule has 1 heterocycles. The molecule has 2 nitrogen and oxygen atoms in total. The summed E-state index contributed by atoms with van der Waals surface area (Å²) in [6, 6.07) is 0. The van der Waals surface area contributed by atoms with Gasteiger partial charge in [-0.25, -0.2) is 0 Å². The first-order valence-corrected chi connectivity index (χ1v) is 6.73. The monoisotopic (exact) mass is 210 g/mol. The Hall–Kier alpha value is -0.0800. The van der Waals surface area contributed by atoms with Crippen LogP contribution in [0.3, 0.4) is 0 Å². The molecule has 2 rings (SSSR count). The van der Waals surface area contributed by atoms with Crippen LogP contribution in [0.4, 0.5) is 0 Å². The van der Waals surface area contributed by atoms with Gasteiger partial charge in [-0.1, -0.05) is 13.3 Å². The van der Waals surface area contributed by atoms with Gasteiger partial charge in [-0.15, -0.1) is 0 Å². The van der Waals surface area contributed by atoms with Gasteiger partial charge in [0.05, 0.1) is 0 Å². The Kier molecular flexibility index (Phi) is 3.68. The molecule has 15 heavy (non-hydrogen) atoms. The minimum absolute atomic E-state index is 0.225. The molecule has 0 aromatic rings. The molecule has 0 spiro atoms. The van der Waals surface area contributed by atoms with Crippen LogP contribution in [0.25, 0.3) is 0 Å². The normalized spacial score (nSPS) is 30.4. The van der Waals surface area contributed by atoms with E-state index in [-0.39, 0.29) is 5.54 Å². The molecular formula is C13H26N2. The van der Waals surface area contributed by atoms with Gasteiger partial charge in [-0.3, -0.25) is 0 Å². The van der Waals surface area contributed by atoms with Gasteiger partial charge in [0.15, 0.2) is 0 Å². The minimum atomic E-state index is 0.225. The van der Waals surface area contributed by atoms with Crippen LogP contribution < -0.4 is 5.73 Å². The molecular weight excluding hydrogens is 184 g/mol. The third kappa shape index (κ3) is 2.94. The van der Waals surface area contributed by atoms with Gasteiger partial charge >= 0.3 is 0 Å². The highest BCUT2D eigenvalue weighted by atomic mass is 15.1. The fourth-order valence-corrected chi connectivity index (χ4v) is 3.02. The van der Waals surface area contributed by atoms with Crippen molar-refractivity contribution < 1.29 is 0 Å². The number of nitrogens with two attached hydrogens (primary N) is 1. The quantitative estimate of drug-likeness (QED) is 0.755. The molecule has 1 aliphatic heterocycles. The molecule has 0 bridgehead atoms. The molecule has 2 heteroatoms. The first-order chi connectivity index (χ1) is 7.22. The van der Waals surface area contributed by atoms with Crippen molar-refractivity contribution in [2.75, 3.05) is 19.6 Å². The second-order valence-corrected chi connectivity index (χ2v) is 5.71. The second-order valence-electron chi connectivity index (χ2n) is 5.71. The van der Waals surface area contributed by atoms with E-state index in [1.807, 2.05) is 0 Å². The van der Waals surface area contributed by atoms with E-state index in [1.54, 1.807) is 0 Å². The zero-order valence-electron chi connectivity index (χ0n) is 10.2. The summed E-state index contributed by atoms with van der Waals surface area (Å²) >= 11 is 0. The van der Waals surface area contributed by atoms with Crippen molar-refractivity contribution in [3.63, 3.8) is 0 Å². The first kappa shape index (κ1) is 11.4. The standard InChI is InChI=1S/C13H26N2/c1-2-4-12-5-9-15(11-12)10-8-13(14)6-3-7-13/h12H,2-11,14H2,1H3. The highest BCUT2D eigenvalue weighted by molar-refractivity contribution is 4.93. The zero-order chi connectivity index (χ0) is 10.7. The highest BCUT2D eigenvalue weighted by Crippen LogP contribution is 2.33. The Morgan fingerprint density at radius 3 is 2.80 bits per heavy atom. The lowest BCUT2D eigenvalue weighted by Gasteiger charge is -2.39. The van der Waals surface area contributed by atoms with Gasteiger partial charge in [0, 0.05) is 12.1 Å². The van der Waals surface area contributed by atoms with Crippen LogP contribution in [0, 0.1) is 5.92 Å². The van der Waals surface area contributed by atoms with Crippen molar-refractivity contribution in [1.82, 2.24) is 4.90 Å². The highest BCUT2D eigenvalue weighted by Gasteiger charge is 2.33. The largest absolute Gasteiger partial charge is 0.325 e. The summed E-state index contributed by atoms with van der Waals surface area (Å²) in [5.41, 5.74) is 6.47. The molecule has 1 saturated carbocycles. The maximum absolute atomic E-state index is 6.25. The van der Waals surface area contributed by atoms with Gasteiger partial charge < -0.3 is 10.6 Å². The lowest BCUT2D eigenvalue weighted by Crippen LogP contribution is -2.48. The summed E-state index contributed by atoms with van der Waals surface area (Å²) in [7, 11) is 0. The Bertz CT molecular complexity index is 199. The minimum Gasteiger partial charge on any atom is -0.325 e. The smallest absolute Gasteiger partial charge is 0.0166 e. The third-order valence-corrected chi connectivity index (χ3v) is 4.34. The van der Waals surface area contributed by atoms with Gasteiger partial charge in [0.1, 0.15) is 0 Å². The summed E-state index contributed by atoms with van der Waals surface area (Å²) in [5, 5.41) is 0. The molecule has 1 atom stereocenters. The van der Waals surface area contributed by atoms with E-state index < -0.39 is 0 Å². The van der Waals surface area contributed by atoms with Gasteiger partial charge in [-0.2, -0.15) is 0 Å². The number of hydrogen-bond donors (Lipinski definition) is 1. The number of rotatable bonds is 5. The van der Waals surface area contributed by atoms with Crippen LogP contribution in [0.2, 0.25) is 0 Å². The fraction of sp³-hybridized carbons (Fsp3) is 1.00. The molecule has 0 radical (unpaired) electrons. The van der Waals surface area contributed by atoms with Crippen molar-refractivity contribution in [2.45, 2.75) is 57.4 Å². The van der Waals surface area contributed by atoms with Crippen LogP contribution in [-0.2, 0) is 0 Å². The van der Waals surface area contributed by atoms with E-state index in [0.717, 1.165) is 5.92 Å². The second kappa shape index (κ2) is 4.84. The summed E-state index contributed by atoms with van der Waals surface area (Å²) in [6.07, 6.45) is 9.30. The topological polar surface area (TPSA) is 29.3 Å². The molecule has 2 aliphatic rings. The Morgan fingerprint density at radius 1 is 1.40 bits per heavy atom. The van der Waals surface area contributed by atoms with Crippen molar-refractivity contribution in [2.24, 2.45) is 11.7 Å². The fourth-order valence-electron chi connectivity index (χ4n) is 3.02. The van der Waals surface area contributed by atoms with E-state index >= 15 is 0 Å². The van der Waals surface area contributed by atoms with Crippen LogP contribution in [0.1, 0.15) is 51.9 Å². The van der Waals surface area contributed by atoms with Crippen molar-refractivity contribution in [3.8, 4) is 0 Å². The molecule has 2 N–H and O–H groups in total. The number of nitrogens with zero attached hydrogens (tertiary/aromatic N) is 1. The molecule has 0 amide bonds. The van der Waals surface area contributed by atoms with Gasteiger partial charge in [-0.05, 0) is 57.5 Å². The Labute approximate surface area is 94.2 Å². The lowest BCUT2D eigenvalue weighted by molar-refractivity contribution is 0.193. The molecule has 1 aliphatic carbocycles. The Balaban J connectivity index is 1.64. The van der Waals surface area contributed by atoms with Crippen LogP contribution in [0.15, 0.2) is 0 Å². The van der Waals surface area contributed by atoms with E-state index in [0.29, 0.717) is 0 Å². The SMILES string of the molecule is CCCC1CCN(CCC2(N)CCC2)C1. The van der Waals surface area contributed by atoms with Crippen LogP contribution in [-0.4, -0.2) is 30.1 Å². The summed E-state index contributed by atoms with van der Waals surface area (Å²) in [4.78, 5) is 2.63.